The van der Waals surface area contributed by atoms with Crippen LogP contribution in [0.3, 0.4) is 0 Å². The van der Waals surface area contributed by atoms with Crippen LogP contribution in [-0.2, 0) is 10.9 Å². The molecule has 0 bridgehead atoms. The molecule has 128 valence electrons. The summed E-state index contributed by atoms with van der Waals surface area (Å²) in [7, 11) is 0. The first-order chi connectivity index (χ1) is 11.3. The van der Waals surface area contributed by atoms with Crippen LogP contribution in [0.4, 0.5) is 24.7 Å². The number of pyridine rings is 2. The van der Waals surface area contributed by atoms with Crippen LogP contribution < -0.4 is 10.6 Å². The number of aromatic nitrogens is 2. The lowest BCUT2D eigenvalue weighted by molar-refractivity contribution is -0.137. The minimum absolute atomic E-state index is 0.301. The third kappa shape index (κ3) is 3.59. The third-order valence-electron chi connectivity index (χ3n) is 3.79. The number of nitrogens with zero attached hydrogens (tertiary/aromatic N) is 3. The first-order valence-corrected chi connectivity index (χ1v) is 7.47. The van der Waals surface area contributed by atoms with Gasteiger partial charge in [-0.05, 0) is 31.2 Å². The number of rotatable bonds is 2. The van der Waals surface area contributed by atoms with Crippen LogP contribution in [0, 0.1) is 6.92 Å². The normalized spacial score (nSPS) is 18.7. The summed E-state index contributed by atoms with van der Waals surface area (Å²) in [6.07, 6.45) is -3.84. The van der Waals surface area contributed by atoms with Gasteiger partial charge in [0, 0.05) is 24.1 Å². The van der Waals surface area contributed by atoms with Gasteiger partial charge < -0.3 is 15.4 Å². The predicted molar refractivity (Wildman–Crippen MR) is 83.5 cm³/mol. The molecule has 2 aromatic rings. The Balaban J connectivity index is 1.78. The fraction of sp³-hybridized carbons (Fsp3) is 0.375. The van der Waals surface area contributed by atoms with Crippen molar-refractivity contribution in [3.8, 4) is 0 Å². The minimum atomic E-state index is -4.39. The van der Waals surface area contributed by atoms with E-state index in [1.165, 1.54) is 6.07 Å². The van der Waals surface area contributed by atoms with E-state index in [2.05, 4.69) is 9.97 Å². The first kappa shape index (κ1) is 16.5. The van der Waals surface area contributed by atoms with Crippen LogP contribution in [0.1, 0.15) is 23.1 Å². The van der Waals surface area contributed by atoms with E-state index in [0.717, 1.165) is 18.0 Å². The highest BCUT2D eigenvalue weighted by Crippen LogP contribution is 2.30. The van der Waals surface area contributed by atoms with E-state index in [-0.39, 0.29) is 6.10 Å². The molecule has 0 aliphatic carbocycles. The zero-order valence-electron chi connectivity index (χ0n) is 13.0. The minimum Gasteiger partial charge on any atom is -0.399 e. The lowest BCUT2D eigenvalue weighted by Crippen LogP contribution is -2.39. The number of nitrogens with two attached hydrogens (primary N) is 1. The summed E-state index contributed by atoms with van der Waals surface area (Å²) in [5, 5.41) is 0. The molecule has 2 aromatic heterocycles. The molecule has 8 heteroatoms. The van der Waals surface area contributed by atoms with Gasteiger partial charge in [0.15, 0.2) is 0 Å². The summed E-state index contributed by atoms with van der Waals surface area (Å²) in [6, 6.07) is 5.93. The predicted octanol–water partition coefficient (Wildman–Crippen LogP) is 2.96. The van der Waals surface area contributed by atoms with Crippen molar-refractivity contribution in [3.63, 3.8) is 0 Å². The lowest BCUT2D eigenvalue weighted by Gasteiger charge is -2.33. The van der Waals surface area contributed by atoms with Crippen LogP contribution in [0.15, 0.2) is 30.5 Å². The van der Waals surface area contributed by atoms with Crippen molar-refractivity contribution in [2.75, 3.05) is 30.3 Å². The Bertz CT molecular complexity index is 698. The van der Waals surface area contributed by atoms with E-state index in [0.29, 0.717) is 36.9 Å². The summed E-state index contributed by atoms with van der Waals surface area (Å²) in [5.74, 6) is 0.483. The molecule has 1 aliphatic rings. The SMILES string of the molecule is Cc1cc(N)cc([C@@H]2CN(c3ccc(C(F)(F)F)cn3)CCO2)n1. The molecule has 1 fully saturated rings. The molecule has 0 radical (unpaired) electrons. The Hall–Kier alpha value is -2.35. The molecule has 5 nitrogen and oxygen atoms in total. The van der Waals surface area contributed by atoms with Crippen LogP contribution in [0.5, 0.6) is 0 Å². The number of nitrogen functional groups attached to an aromatic ring is 1. The molecule has 0 spiro atoms. The smallest absolute Gasteiger partial charge is 0.399 e. The molecule has 3 rings (SSSR count). The summed E-state index contributed by atoms with van der Waals surface area (Å²) in [5.41, 5.74) is 7.19. The van der Waals surface area contributed by atoms with E-state index in [1.54, 1.807) is 12.1 Å². The number of ether oxygens (including phenoxy) is 1. The average molecular weight is 338 g/mol. The zero-order chi connectivity index (χ0) is 17.3. The van der Waals surface area contributed by atoms with Crippen molar-refractivity contribution in [1.29, 1.82) is 0 Å². The van der Waals surface area contributed by atoms with Crippen molar-refractivity contribution in [2.24, 2.45) is 0 Å². The Kier molecular flexibility index (Phi) is 4.31. The topological polar surface area (TPSA) is 64.3 Å². The van der Waals surface area contributed by atoms with Gasteiger partial charge in [0.1, 0.15) is 11.9 Å². The zero-order valence-corrected chi connectivity index (χ0v) is 13.0. The molecule has 1 saturated heterocycles. The van der Waals surface area contributed by atoms with Crippen LogP contribution >= 0.6 is 0 Å². The fourth-order valence-electron chi connectivity index (χ4n) is 2.66. The summed E-state index contributed by atoms with van der Waals surface area (Å²) in [6.45, 7) is 3.28. The van der Waals surface area contributed by atoms with Gasteiger partial charge in [-0.25, -0.2) is 4.98 Å². The van der Waals surface area contributed by atoms with Crippen molar-refractivity contribution in [3.05, 3.63) is 47.4 Å². The molecule has 0 amide bonds. The number of hydrogen-bond acceptors (Lipinski definition) is 5. The Morgan fingerprint density at radius 3 is 2.71 bits per heavy atom. The number of morpholine rings is 1. The number of anilines is 2. The fourth-order valence-corrected chi connectivity index (χ4v) is 2.66. The van der Waals surface area contributed by atoms with Gasteiger partial charge in [-0.3, -0.25) is 4.98 Å². The average Bonchev–Trinajstić information content (AvgIpc) is 2.53. The number of alkyl halides is 3. The molecule has 0 unspecified atom stereocenters. The van der Waals surface area contributed by atoms with Crippen LogP contribution in [0.2, 0.25) is 0 Å². The molecule has 24 heavy (non-hydrogen) atoms. The van der Waals surface area contributed by atoms with E-state index in [1.807, 2.05) is 11.8 Å². The third-order valence-corrected chi connectivity index (χ3v) is 3.79. The Morgan fingerprint density at radius 2 is 2.08 bits per heavy atom. The maximum absolute atomic E-state index is 12.6. The van der Waals surface area contributed by atoms with E-state index in [9.17, 15) is 13.2 Å². The van der Waals surface area contributed by atoms with E-state index in [4.69, 9.17) is 10.5 Å². The second kappa shape index (κ2) is 6.27. The quantitative estimate of drug-likeness (QED) is 0.912. The van der Waals surface area contributed by atoms with Gasteiger partial charge in [-0.15, -0.1) is 0 Å². The standard InChI is InChI=1S/C16H17F3N4O/c1-10-6-12(20)7-13(22-10)14-9-23(4-5-24-14)15-3-2-11(8-21-15)16(17,18)19/h2-3,6-8,14H,4-5,9H2,1H3,(H2,20,22)/t14-/m0/s1. The van der Waals surface area contributed by atoms with Crippen molar-refractivity contribution in [2.45, 2.75) is 19.2 Å². The monoisotopic (exact) mass is 338 g/mol. The summed E-state index contributed by atoms with van der Waals surface area (Å²) in [4.78, 5) is 10.3. The molecule has 1 aliphatic heterocycles. The molecule has 2 N–H and O–H groups in total. The Labute approximate surface area is 137 Å². The molecular formula is C16H17F3N4O. The van der Waals surface area contributed by atoms with Gasteiger partial charge >= 0.3 is 6.18 Å². The van der Waals surface area contributed by atoms with Crippen LogP contribution in [-0.4, -0.2) is 29.7 Å². The first-order valence-electron chi connectivity index (χ1n) is 7.47. The van der Waals surface area contributed by atoms with Gasteiger partial charge in [0.25, 0.3) is 0 Å². The Morgan fingerprint density at radius 1 is 1.29 bits per heavy atom. The highest BCUT2D eigenvalue weighted by molar-refractivity contribution is 5.43. The maximum Gasteiger partial charge on any atom is 0.417 e. The van der Waals surface area contributed by atoms with Gasteiger partial charge in [0.2, 0.25) is 0 Å². The number of halogens is 3. The summed E-state index contributed by atoms with van der Waals surface area (Å²) >= 11 is 0. The highest BCUT2D eigenvalue weighted by atomic mass is 19.4. The second-order valence-electron chi connectivity index (χ2n) is 5.68. The van der Waals surface area contributed by atoms with E-state index < -0.39 is 11.7 Å². The summed E-state index contributed by atoms with van der Waals surface area (Å²) < 4.78 is 43.6. The molecular weight excluding hydrogens is 321 g/mol. The van der Waals surface area contributed by atoms with E-state index >= 15 is 0 Å². The molecule has 0 aromatic carbocycles. The lowest BCUT2D eigenvalue weighted by atomic mass is 10.1. The number of aryl methyl sites for hydroxylation is 1. The maximum atomic E-state index is 12.6. The molecule has 3 heterocycles. The van der Waals surface area contributed by atoms with Gasteiger partial charge in [0.05, 0.1) is 24.4 Å². The largest absolute Gasteiger partial charge is 0.417 e. The second-order valence-corrected chi connectivity index (χ2v) is 5.68. The van der Waals surface area contributed by atoms with Crippen molar-refractivity contribution < 1.29 is 17.9 Å². The number of hydrogen-bond donors (Lipinski definition) is 1. The highest BCUT2D eigenvalue weighted by Gasteiger charge is 2.31. The van der Waals surface area contributed by atoms with Crippen molar-refractivity contribution in [1.82, 2.24) is 9.97 Å². The molecule has 1 atom stereocenters. The van der Waals surface area contributed by atoms with Gasteiger partial charge in [-0.2, -0.15) is 13.2 Å². The molecule has 0 saturated carbocycles. The van der Waals surface area contributed by atoms with Crippen LogP contribution in [0.25, 0.3) is 0 Å². The van der Waals surface area contributed by atoms with Crippen molar-refractivity contribution >= 4 is 11.5 Å². The van der Waals surface area contributed by atoms with Gasteiger partial charge in [-0.1, -0.05) is 0 Å².